The zero-order valence-electron chi connectivity index (χ0n) is 21.7. The minimum Gasteiger partial charge on any atom is -0.376 e. The first-order valence-electron chi connectivity index (χ1n) is 12.7. The highest BCUT2D eigenvalue weighted by Gasteiger charge is 2.24. The number of anilines is 1. The van der Waals surface area contributed by atoms with Crippen LogP contribution in [0, 0.1) is 0 Å². The molecule has 0 aliphatic carbocycles. The van der Waals surface area contributed by atoms with Crippen LogP contribution in [0.1, 0.15) is 62.2 Å². The molecule has 3 heterocycles. The maximum absolute atomic E-state index is 12.5. The summed E-state index contributed by atoms with van der Waals surface area (Å²) in [5.74, 6) is 1.68. The van der Waals surface area contributed by atoms with Crippen molar-refractivity contribution in [2.45, 2.75) is 63.0 Å². The minimum absolute atomic E-state index is 0.0690. The fourth-order valence-electron chi connectivity index (χ4n) is 4.29. The SMILES string of the molecule is CC(=O)N1CCN(c2cc(C(C)(C)C)nc(SCc3ccc(C(=O)NC[C@H]4CCCO4)cc3)n2)CC1. The second kappa shape index (κ2) is 11.6. The molecule has 194 valence electrons. The van der Waals surface area contributed by atoms with Crippen LogP contribution in [0.25, 0.3) is 0 Å². The zero-order chi connectivity index (χ0) is 25.7. The van der Waals surface area contributed by atoms with Gasteiger partial charge in [-0.15, -0.1) is 0 Å². The molecule has 0 saturated carbocycles. The Balaban J connectivity index is 1.39. The van der Waals surface area contributed by atoms with E-state index in [0.29, 0.717) is 31.0 Å². The maximum atomic E-state index is 12.5. The van der Waals surface area contributed by atoms with Crippen LogP contribution in [0.5, 0.6) is 0 Å². The van der Waals surface area contributed by atoms with E-state index in [0.717, 1.165) is 54.8 Å². The molecule has 0 unspecified atom stereocenters. The van der Waals surface area contributed by atoms with Crippen molar-refractivity contribution in [3.8, 4) is 0 Å². The molecular weight excluding hydrogens is 474 g/mol. The fraction of sp³-hybridized carbons (Fsp3) is 0.556. The molecule has 2 aromatic rings. The summed E-state index contributed by atoms with van der Waals surface area (Å²) in [5.41, 5.74) is 2.66. The number of rotatable bonds is 7. The van der Waals surface area contributed by atoms with Crippen LogP contribution in [-0.4, -0.2) is 72.1 Å². The average Bonchev–Trinajstić information content (AvgIpc) is 3.39. The predicted octanol–water partition coefficient (Wildman–Crippen LogP) is 3.64. The van der Waals surface area contributed by atoms with Gasteiger partial charge >= 0.3 is 0 Å². The maximum Gasteiger partial charge on any atom is 0.251 e. The summed E-state index contributed by atoms with van der Waals surface area (Å²) in [4.78, 5) is 38.0. The largest absolute Gasteiger partial charge is 0.376 e. The Morgan fingerprint density at radius 1 is 1.11 bits per heavy atom. The second-order valence-corrected chi connectivity index (χ2v) is 11.4. The summed E-state index contributed by atoms with van der Waals surface area (Å²) in [6.45, 7) is 12.4. The van der Waals surface area contributed by atoms with Crippen molar-refractivity contribution in [2.75, 3.05) is 44.2 Å². The molecule has 1 atom stereocenters. The number of carbonyl (C=O) groups is 2. The number of benzene rings is 1. The van der Waals surface area contributed by atoms with Crippen LogP contribution in [-0.2, 0) is 20.7 Å². The van der Waals surface area contributed by atoms with Crippen LogP contribution in [0.2, 0.25) is 0 Å². The fourth-order valence-corrected chi connectivity index (χ4v) is 5.10. The Kier molecular flexibility index (Phi) is 8.51. The van der Waals surface area contributed by atoms with E-state index in [9.17, 15) is 9.59 Å². The van der Waals surface area contributed by atoms with Crippen LogP contribution < -0.4 is 10.2 Å². The monoisotopic (exact) mass is 511 g/mol. The molecule has 8 nitrogen and oxygen atoms in total. The third-order valence-electron chi connectivity index (χ3n) is 6.61. The van der Waals surface area contributed by atoms with Gasteiger partial charge in [0.15, 0.2) is 5.16 Å². The molecule has 1 N–H and O–H groups in total. The molecule has 2 aliphatic rings. The zero-order valence-corrected chi connectivity index (χ0v) is 22.6. The molecule has 2 fully saturated rings. The van der Waals surface area contributed by atoms with Crippen LogP contribution in [0.4, 0.5) is 5.82 Å². The number of amides is 2. The molecule has 1 aromatic carbocycles. The number of ether oxygens (including phenoxy) is 1. The van der Waals surface area contributed by atoms with Gasteiger partial charge in [-0.2, -0.15) is 0 Å². The number of piperazine rings is 1. The van der Waals surface area contributed by atoms with Gasteiger partial charge in [0.05, 0.1) is 11.8 Å². The molecule has 2 aliphatic heterocycles. The number of hydrogen-bond donors (Lipinski definition) is 1. The third kappa shape index (κ3) is 6.97. The molecule has 0 bridgehead atoms. The first-order chi connectivity index (χ1) is 17.2. The molecule has 9 heteroatoms. The van der Waals surface area contributed by atoms with E-state index in [2.05, 4.69) is 37.1 Å². The van der Waals surface area contributed by atoms with Crippen molar-refractivity contribution in [2.24, 2.45) is 0 Å². The van der Waals surface area contributed by atoms with Gasteiger partial charge in [0.2, 0.25) is 5.91 Å². The van der Waals surface area contributed by atoms with E-state index in [1.165, 1.54) is 0 Å². The Bertz CT molecular complexity index is 1060. The summed E-state index contributed by atoms with van der Waals surface area (Å²) < 4.78 is 5.57. The van der Waals surface area contributed by atoms with E-state index in [1.54, 1.807) is 18.7 Å². The quantitative estimate of drug-likeness (QED) is 0.449. The van der Waals surface area contributed by atoms with E-state index >= 15 is 0 Å². The highest BCUT2D eigenvalue weighted by molar-refractivity contribution is 7.98. The first-order valence-corrected chi connectivity index (χ1v) is 13.7. The van der Waals surface area contributed by atoms with Gasteiger partial charge in [0, 0.05) is 69.1 Å². The van der Waals surface area contributed by atoms with Crippen LogP contribution >= 0.6 is 11.8 Å². The summed E-state index contributed by atoms with van der Waals surface area (Å²) in [6.07, 6.45) is 2.20. The van der Waals surface area contributed by atoms with Gasteiger partial charge in [-0.3, -0.25) is 9.59 Å². The van der Waals surface area contributed by atoms with Crippen LogP contribution in [0.3, 0.4) is 0 Å². The minimum atomic E-state index is -0.104. The Hall–Kier alpha value is -2.65. The van der Waals surface area contributed by atoms with Crippen molar-refractivity contribution in [3.63, 3.8) is 0 Å². The van der Waals surface area contributed by atoms with Crippen molar-refractivity contribution >= 4 is 29.4 Å². The third-order valence-corrected chi connectivity index (χ3v) is 7.53. The summed E-state index contributed by atoms with van der Waals surface area (Å²) in [6, 6.07) is 9.80. The molecule has 2 saturated heterocycles. The van der Waals surface area contributed by atoms with E-state index in [1.807, 2.05) is 29.2 Å². The molecule has 1 aromatic heterocycles. The lowest BCUT2D eigenvalue weighted by molar-refractivity contribution is -0.129. The summed E-state index contributed by atoms with van der Waals surface area (Å²) in [5, 5.41) is 3.71. The lowest BCUT2D eigenvalue weighted by Gasteiger charge is -2.35. The second-order valence-electron chi connectivity index (χ2n) is 10.5. The molecule has 36 heavy (non-hydrogen) atoms. The molecule has 0 radical (unpaired) electrons. The first kappa shape index (κ1) is 26.4. The Morgan fingerprint density at radius 3 is 2.44 bits per heavy atom. The molecule has 4 rings (SSSR count). The number of nitrogens with zero attached hydrogens (tertiary/aromatic N) is 4. The number of hydrogen-bond acceptors (Lipinski definition) is 7. The number of nitrogens with one attached hydrogen (secondary N) is 1. The summed E-state index contributed by atoms with van der Waals surface area (Å²) in [7, 11) is 0. The molecule has 0 spiro atoms. The van der Waals surface area contributed by atoms with Crippen LogP contribution in [0.15, 0.2) is 35.5 Å². The molecular formula is C27H37N5O3S. The van der Waals surface area contributed by atoms with Gasteiger partial charge in [-0.1, -0.05) is 44.7 Å². The predicted molar refractivity (Wildman–Crippen MR) is 143 cm³/mol. The lowest BCUT2D eigenvalue weighted by atomic mass is 9.92. The van der Waals surface area contributed by atoms with Crippen molar-refractivity contribution in [1.29, 1.82) is 0 Å². The smallest absolute Gasteiger partial charge is 0.251 e. The van der Waals surface area contributed by atoms with Gasteiger partial charge in [-0.05, 0) is 30.5 Å². The van der Waals surface area contributed by atoms with E-state index in [-0.39, 0.29) is 23.3 Å². The number of aromatic nitrogens is 2. The Morgan fingerprint density at radius 2 is 1.83 bits per heavy atom. The normalized spacial score (nSPS) is 18.4. The topological polar surface area (TPSA) is 87.7 Å². The van der Waals surface area contributed by atoms with Crippen molar-refractivity contribution in [3.05, 3.63) is 47.2 Å². The lowest BCUT2D eigenvalue weighted by Crippen LogP contribution is -2.48. The van der Waals surface area contributed by atoms with Gasteiger partial charge in [0.1, 0.15) is 5.82 Å². The highest BCUT2D eigenvalue weighted by atomic mass is 32.2. The van der Waals surface area contributed by atoms with E-state index in [4.69, 9.17) is 14.7 Å². The Labute approximate surface area is 218 Å². The highest BCUT2D eigenvalue weighted by Crippen LogP contribution is 2.29. The number of carbonyl (C=O) groups excluding carboxylic acids is 2. The van der Waals surface area contributed by atoms with Gasteiger partial charge < -0.3 is 19.9 Å². The van der Waals surface area contributed by atoms with Gasteiger partial charge in [0.25, 0.3) is 5.91 Å². The van der Waals surface area contributed by atoms with Crippen molar-refractivity contribution in [1.82, 2.24) is 20.2 Å². The average molecular weight is 512 g/mol. The number of thioether (sulfide) groups is 1. The summed E-state index contributed by atoms with van der Waals surface area (Å²) >= 11 is 1.60. The standard InChI is InChI=1S/C27H37N5O3S/c1-19(33)31-11-13-32(14-12-31)24-16-23(27(2,3)4)29-26(30-24)36-18-20-7-9-21(10-8-20)25(34)28-17-22-6-5-15-35-22/h7-10,16,22H,5-6,11-15,17-18H2,1-4H3,(H,28,34)/t22-/m1/s1. The van der Waals surface area contributed by atoms with E-state index < -0.39 is 0 Å². The van der Waals surface area contributed by atoms with Crippen molar-refractivity contribution < 1.29 is 14.3 Å². The van der Waals surface area contributed by atoms with Gasteiger partial charge in [-0.25, -0.2) is 9.97 Å². The molecule has 2 amide bonds.